The number of unbranched alkanes of at least 4 members (excludes halogenated alkanes) is 1. The summed E-state index contributed by atoms with van der Waals surface area (Å²) in [5, 5.41) is 14.7. The summed E-state index contributed by atoms with van der Waals surface area (Å²) >= 11 is 0. The summed E-state index contributed by atoms with van der Waals surface area (Å²) in [5.74, 6) is -0.109. The highest BCUT2D eigenvalue weighted by Crippen LogP contribution is 2.38. The van der Waals surface area contributed by atoms with Gasteiger partial charge in [0.25, 0.3) is 0 Å². The summed E-state index contributed by atoms with van der Waals surface area (Å²) < 4.78 is 19.1. The maximum Gasteiger partial charge on any atom is 0.126 e. The van der Waals surface area contributed by atoms with E-state index in [9.17, 15) is 9.50 Å². The lowest BCUT2D eigenvalue weighted by atomic mass is 9.74. The van der Waals surface area contributed by atoms with E-state index < -0.39 is 5.60 Å². The molecule has 22 heavy (non-hydrogen) atoms. The zero-order chi connectivity index (χ0) is 16.0. The minimum Gasteiger partial charge on any atom is -0.385 e. The van der Waals surface area contributed by atoms with Crippen LogP contribution in [0.4, 0.5) is 4.39 Å². The van der Waals surface area contributed by atoms with Crippen molar-refractivity contribution in [3.63, 3.8) is 0 Å². The van der Waals surface area contributed by atoms with Crippen molar-refractivity contribution >= 4 is 0 Å². The Morgan fingerprint density at radius 2 is 2.23 bits per heavy atom. The van der Waals surface area contributed by atoms with Gasteiger partial charge >= 0.3 is 0 Å². The highest BCUT2D eigenvalue weighted by Gasteiger charge is 2.38. The van der Waals surface area contributed by atoms with Crippen LogP contribution in [0.15, 0.2) is 18.2 Å². The molecule has 124 valence electrons. The smallest absolute Gasteiger partial charge is 0.126 e. The first-order chi connectivity index (χ1) is 10.6. The second-order valence-corrected chi connectivity index (χ2v) is 6.38. The third-order valence-corrected chi connectivity index (χ3v) is 4.80. The van der Waals surface area contributed by atoms with Crippen LogP contribution in [-0.2, 0) is 10.3 Å². The van der Waals surface area contributed by atoms with Gasteiger partial charge in [0.15, 0.2) is 0 Å². The molecule has 1 heterocycles. The predicted octanol–water partition coefficient (Wildman–Crippen LogP) is 3.14. The fraction of sp³-hybridized carbons (Fsp3) is 0.667. The highest BCUT2D eigenvalue weighted by atomic mass is 19.1. The average molecular weight is 309 g/mol. The minimum absolute atomic E-state index is 0.130. The molecule has 1 aliphatic heterocycles. The van der Waals surface area contributed by atoms with Crippen LogP contribution in [0, 0.1) is 18.7 Å². The average Bonchev–Trinajstić information content (AvgIpc) is 2.55. The van der Waals surface area contributed by atoms with Crippen molar-refractivity contribution in [3.05, 3.63) is 35.1 Å². The monoisotopic (exact) mass is 309 g/mol. The molecule has 0 saturated carbocycles. The molecule has 1 saturated heterocycles. The number of methoxy groups -OCH3 is 1. The van der Waals surface area contributed by atoms with E-state index in [2.05, 4.69) is 5.32 Å². The van der Waals surface area contributed by atoms with E-state index in [-0.39, 0.29) is 11.7 Å². The van der Waals surface area contributed by atoms with Crippen molar-refractivity contribution in [2.45, 2.75) is 44.6 Å². The molecule has 2 rings (SSSR count). The van der Waals surface area contributed by atoms with Crippen LogP contribution in [-0.4, -0.2) is 31.9 Å². The first kappa shape index (κ1) is 17.4. The second kappa shape index (κ2) is 8.04. The molecule has 0 spiro atoms. The number of ether oxygens (including phenoxy) is 1. The number of halogens is 1. The lowest BCUT2D eigenvalue weighted by Crippen LogP contribution is -2.44. The van der Waals surface area contributed by atoms with Gasteiger partial charge in [0.1, 0.15) is 5.82 Å². The van der Waals surface area contributed by atoms with E-state index in [4.69, 9.17) is 4.74 Å². The van der Waals surface area contributed by atoms with Crippen LogP contribution in [0.25, 0.3) is 0 Å². The van der Waals surface area contributed by atoms with Gasteiger partial charge in [-0.05, 0) is 62.8 Å². The van der Waals surface area contributed by atoms with Gasteiger partial charge in [0.05, 0.1) is 5.60 Å². The molecule has 4 heteroatoms. The van der Waals surface area contributed by atoms with Crippen LogP contribution < -0.4 is 5.32 Å². The molecule has 2 N–H and O–H groups in total. The zero-order valence-electron chi connectivity index (χ0n) is 13.7. The van der Waals surface area contributed by atoms with Gasteiger partial charge in [-0.25, -0.2) is 4.39 Å². The normalized spacial score (nSPS) is 21.5. The molecule has 1 fully saturated rings. The molecule has 2 atom stereocenters. The Kier molecular flexibility index (Phi) is 6.36. The Hall–Kier alpha value is -0.970. The Morgan fingerprint density at radius 1 is 1.41 bits per heavy atom. The fourth-order valence-corrected chi connectivity index (χ4v) is 3.35. The van der Waals surface area contributed by atoms with Gasteiger partial charge in [0, 0.05) is 26.2 Å². The molecule has 0 unspecified atom stereocenters. The molecule has 0 bridgehead atoms. The molecule has 0 amide bonds. The second-order valence-electron chi connectivity index (χ2n) is 6.38. The topological polar surface area (TPSA) is 41.5 Å². The number of benzene rings is 1. The molecular weight excluding hydrogens is 281 g/mol. The number of piperidine rings is 1. The van der Waals surface area contributed by atoms with E-state index in [1.54, 1.807) is 20.1 Å². The molecule has 1 aliphatic rings. The van der Waals surface area contributed by atoms with Gasteiger partial charge in [-0.2, -0.15) is 0 Å². The Morgan fingerprint density at radius 3 is 2.86 bits per heavy atom. The molecular formula is C18H28FNO2. The summed E-state index contributed by atoms with van der Waals surface area (Å²) in [4.78, 5) is 0. The van der Waals surface area contributed by atoms with Crippen LogP contribution in [0.1, 0.15) is 43.2 Å². The van der Waals surface area contributed by atoms with Crippen LogP contribution in [0.2, 0.25) is 0 Å². The predicted molar refractivity (Wildman–Crippen MR) is 86.4 cm³/mol. The van der Waals surface area contributed by atoms with E-state index in [0.29, 0.717) is 24.2 Å². The van der Waals surface area contributed by atoms with Crippen molar-refractivity contribution in [2.75, 3.05) is 26.8 Å². The Balaban J connectivity index is 2.20. The Labute approximate surface area is 132 Å². The molecule has 1 aromatic rings. The van der Waals surface area contributed by atoms with Crippen molar-refractivity contribution in [3.8, 4) is 0 Å². The quantitative estimate of drug-likeness (QED) is 0.760. The zero-order valence-corrected chi connectivity index (χ0v) is 13.7. The highest BCUT2D eigenvalue weighted by molar-refractivity contribution is 5.29. The summed E-state index contributed by atoms with van der Waals surface area (Å²) in [5.41, 5.74) is 0.365. The van der Waals surface area contributed by atoms with Crippen LogP contribution in [0.5, 0.6) is 0 Å². The number of hydrogen-bond donors (Lipinski definition) is 2. The molecule has 1 aromatic carbocycles. The van der Waals surface area contributed by atoms with E-state index in [1.807, 2.05) is 6.07 Å². The maximum atomic E-state index is 14.0. The van der Waals surface area contributed by atoms with Crippen molar-refractivity contribution in [2.24, 2.45) is 5.92 Å². The van der Waals surface area contributed by atoms with Crippen molar-refractivity contribution in [1.82, 2.24) is 5.32 Å². The lowest BCUT2D eigenvalue weighted by molar-refractivity contribution is -0.0436. The fourth-order valence-electron chi connectivity index (χ4n) is 3.35. The standard InChI is InChI=1S/C18H28FNO2/c1-14-7-8-15(12-17(14)19)18(21,9-3-4-11-22-2)16-6-5-10-20-13-16/h7-8,12,16,20-21H,3-6,9-11,13H2,1-2H3/t16-,18+/m1/s1. The third kappa shape index (κ3) is 4.06. The van der Waals surface area contributed by atoms with Crippen molar-refractivity contribution in [1.29, 1.82) is 0 Å². The van der Waals surface area contributed by atoms with Gasteiger partial charge in [0.2, 0.25) is 0 Å². The number of aryl methyl sites for hydroxylation is 1. The van der Waals surface area contributed by atoms with Gasteiger partial charge in [-0.1, -0.05) is 12.1 Å². The van der Waals surface area contributed by atoms with E-state index in [0.717, 1.165) is 38.8 Å². The summed E-state index contributed by atoms with van der Waals surface area (Å²) in [6.07, 6.45) is 4.46. The summed E-state index contributed by atoms with van der Waals surface area (Å²) in [6.45, 7) is 4.23. The lowest BCUT2D eigenvalue weighted by Gasteiger charge is -2.39. The van der Waals surface area contributed by atoms with Gasteiger partial charge in [-0.3, -0.25) is 0 Å². The van der Waals surface area contributed by atoms with Crippen molar-refractivity contribution < 1.29 is 14.2 Å². The van der Waals surface area contributed by atoms with Crippen LogP contribution >= 0.6 is 0 Å². The van der Waals surface area contributed by atoms with Crippen LogP contribution in [0.3, 0.4) is 0 Å². The number of hydrogen-bond acceptors (Lipinski definition) is 3. The number of aliphatic hydroxyl groups is 1. The molecule has 0 aromatic heterocycles. The maximum absolute atomic E-state index is 14.0. The molecule has 3 nitrogen and oxygen atoms in total. The molecule has 0 radical (unpaired) electrons. The van der Waals surface area contributed by atoms with E-state index >= 15 is 0 Å². The summed E-state index contributed by atoms with van der Waals surface area (Å²) in [7, 11) is 1.69. The third-order valence-electron chi connectivity index (χ3n) is 4.80. The SMILES string of the molecule is COCCCC[C@](O)(c1ccc(C)c(F)c1)[C@@H]1CCCNC1. The number of rotatable bonds is 7. The largest absolute Gasteiger partial charge is 0.385 e. The summed E-state index contributed by atoms with van der Waals surface area (Å²) in [6, 6.07) is 5.16. The minimum atomic E-state index is -0.963. The Bertz CT molecular complexity index is 474. The first-order valence-electron chi connectivity index (χ1n) is 8.26. The number of nitrogens with one attached hydrogen (secondary N) is 1. The first-order valence-corrected chi connectivity index (χ1v) is 8.26. The van der Waals surface area contributed by atoms with Gasteiger partial charge in [-0.15, -0.1) is 0 Å². The van der Waals surface area contributed by atoms with Gasteiger partial charge < -0.3 is 15.2 Å². The molecule has 0 aliphatic carbocycles. The van der Waals surface area contributed by atoms with E-state index in [1.165, 1.54) is 6.07 Å².